The fourth-order valence-electron chi connectivity index (χ4n) is 0.984. The topological polar surface area (TPSA) is 15.4 Å². The highest BCUT2D eigenvalue weighted by atomic mass is 19.4. The maximum atomic E-state index is 12.2. The minimum atomic E-state index is -4.29. The van der Waals surface area contributed by atoms with Gasteiger partial charge in [-0.1, -0.05) is 6.07 Å². The van der Waals surface area contributed by atoms with Crippen LogP contribution in [0.15, 0.2) is 29.4 Å². The Morgan fingerprint density at radius 1 is 1.23 bits per heavy atom. The van der Waals surface area contributed by atoms with Crippen molar-refractivity contribution in [1.29, 1.82) is 0 Å². The Hall–Kier alpha value is -1.52. The van der Waals surface area contributed by atoms with E-state index in [1.165, 1.54) is 17.4 Å². The highest BCUT2D eigenvalue weighted by Gasteiger charge is 2.31. The number of rotatable bonds is 1. The molecule has 0 fully saturated rings. The zero-order valence-corrected chi connectivity index (χ0v) is 6.42. The molecular formula is C8H5F3N2. The Balaban J connectivity index is 2.32. The van der Waals surface area contributed by atoms with Gasteiger partial charge in [0, 0.05) is 0 Å². The summed E-state index contributed by atoms with van der Waals surface area (Å²) in [6, 6.07) is 5.03. The first-order valence-electron chi connectivity index (χ1n) is 3.58. The summed E-state index contributed by atoms with van der Waals surface area (Å²) in [4.78, 5) is 0. The molecule has 2 nitrogen and oxygen atoms in total. The third-order valence-electron chi connectivity index (χ3n) is 1.67. The number of hydrogen-bond donors (Lipinski definition) is 0. The molecule has 0 N–H and O–H groups in total. The van der Waals surface area contributed by atoms with Crippen LogP contribution in [0.4, 0.5) is 18.9 Å². The van der Waals surface area contributed by atoms with Gasteiger partial charge < -0.3 is 0 Å². The molecule has 0 aliphatic carbocycles. The number of anilines is 1. The van der Waals surface area contributed by atoms with Gasteiger partial charge in [-0.2, -0.15) is 18.3 Å². The van der Waals surface area contributed by atoms with Crippen LogP contribution in [0.3, 0.4) is 0 Å². The Morgan fingerprint density at radius 3 is 2.46 bits per heavy atom. The van der Waals surface area contributed by atoms with Crippen LogP contribution in [0, 0.1) is 0 Å². The Kier molecular flexibility index (Phi) is 1.55. The van der Waals surface area contributed by atoms with Crippen molar-refractivity contribution in [1.82, 2.24) is 0 Å². The number of benzene rings is 1. The van der Waals surface area contributed by atoms with Gasteiger partial charge >= 0.3 is 6.18 Å². The zero-order valence-electron chi connectivity index (χ0n) is 6.42. The first-order chi connectivity index (χ1) is 6.07. The van der Waals surface area contributed by atoms with E-state index < -0.39 is 11.7 Å². The molecule has 0 amide bonds. The van der Waals surface area contributed by atoms with Crippen LogP contribution in [0.5, 0.6) is 0 Å². The molecule has 0 unspecified atom stereocenters. The summed E-state index contributed by atoms with van der Waals surface area (Å²) in [5.74, 6) is 0. The summed E-state index contributed by atoms with van der Waals surface area (Å²) in [6.07, 6.45) is -2.83. The Morgan fingerprint density at radius 2 is 1.92 bits per heavy atom. The lowest BCUT2D eigenvalue weighted by Gasteiger charge is -2.07. The minimum absolute atomic E-state index is 0.440. The van der Waals surface area contributed by atoms with Gasteiger partial charge in [0.15, 0.2) is 0 Å². The molecule has 0 aromatic heterocycles. The van der Waals surface area contributed by atoms with Crippen molar-refractivity contribution in [2.24, 2.45) is 5.10 Å². The minimum Gasteiger partial charge on any atom is -0.219 e. The first kappa shape index (κ1) is 8.10. The Bertz CT molecular complexity index is 351. The smallest absolute Gasteiger partial charge is 0.219 e. The number of nitrogens with zero attached hydrogens (tertiary/aromatic N) is 2. The molecule has 1 aliphatic heterocycles. The molecule has 0 saturated heterocycles. The van der Waals surface area contributed by atoms with Gasteiger partial charge in [0.1, 0.15) is 6.34 Å². The van der Waals surface area contributed by atoms with Gasteiger partial charge in [-0.05, 0) is 18.2 Å². The van der Waals surface area contributed by atoms with E-state index in [-0.39, 0.29) is 0 Å². The third-order valence-corrected chi connectivity index (χ3v) is 1.67. The molecule has 1 heterocycles. The standard InChI is InChI=1S/C8H5F3N2/c9-8(10,11)6-2-1-3-7(4-6)13-5-12-13/h1-5H. The van der Waals surface area contributed by atoms with Crippen LogP contribution >= 0.6 is 0 Å². The Labute approximate surface area is 72.3 Å². The van der Waals surface area contributed by atoms with Gasteiger partial charge in [0.25, 0.3) is 0 Å². The van der Waals surface area contributed by atoms with Crippen molar-refractivity contribution in [2.75, 3.05) is 5.01 Å². The molecule has 13 heavy (non-hydrogen) atoms. The molecule has 0 atom stereocenters. The molecule has 2 rings (SSSR count). The number of halogens is 3. The van der Waals surface area contributed by atoms with Crippen molar-refractivity contribution < 1.29 is 13.2 Å². The van der Waals surface area contributed by atoms with E-state index >= 15 is 0 Å². The second-order valence-corrected chi connectivity index (χ2v) is 2.62. The lowest BCUT2D eigenvalue weighted by atomic mass is 10.2. The van der Waals surface area contributed by atoms with Crippen molar-refractivity contribution in [2.45, 2.75) is 6.18 Å². The van der Waals surface area contributed by atoms with Crippen molar-refractivity contribution in [3.8, 4) is 0 Å². The fourth-order valence-corrected chi connectivity index (χ4v) is 0.984. The second kappa shape index (κ2) is 2.48. The molecule has 68 valence electrons. The number of alkyl halides is 3. The van der Waals surface area contributed by atoms with Crippen molar-refractivity contribution >= 4 is 12.0 Å². The average Bonchev–Trinajstić information content (AvgIpc) is 2.85. The van der Waals surface area contributed by atoms with E-state index in [4.69, 9.17) is 0 Å². The summed E-state index contributed by atoms with van der Waals surface area (Å²) in [7, 11) is 0. The van der Waals surface area contributed by atoms with Crippen LogP contribution < -0.4 is 5.01 Å². The van der Waals surface area contributed by atoms with Gasteiger partial charge in [-0.3, -0.25) is 0 Å². The van der Waals surface area contributed by atoms with E-state index in [9.17, 15) is 13.2 Å². The summed E-state index contributed by atoms with van der Waals surface area (Å²) in [5.41, 5.74) is -0.213. The highest BCUT2D eigenvalue weighted by molar-refractivity contribution is 5.90. The summed E-state index contributed by atoms with van der Waals surface area (Å²) < 4.78 is 36.6. The predicted octanol–water partition coefficient (Wildman–Crippen LogP) is 2.47. The fraction of sp³-hybridized carbons (Fsp3) is 0.125. The van der Waals surface area contributed by atoms with Crippen LogP contribution in [0.1, 0.15) is 5.56 Å². The lowest BCUT2D eigenvalue weighted by Crippen LogP contribution is -2.05. The molecule has 0 spiro atoms. The quantitative estimate of drug-likeness (QED) is 0.657. The monoisotopic (exact) mass is 186 g/mol. The maximum Gasteiger partial charge on any atom is 0.416 e. The van der Waals surface area contributed by atoms with E-state index in [2.05, 4.69) is 5.10 Å². The van der Waals surface area contributed by atoms with Crippen LogP contribution in [-0.2, 0) is 6.18 Å². The summed E-state index contributed by atoms with van der Waals surface area (Å²) in [6.45, 7) is 0. The number of hydrazone groups is 1. The maximum absolute atomic E-state index is 12.2. The van der Waals surface area contributed by atoms with E-state index in [0.29, 0.717) is 5.69 Å². The predicted molar refractivity (Wildman–Crippen MR) is 42.4 cm³/mol. The number of hydrogen-bond acceptors (Lipinski definition) is 2. The summed E-state index contributed by atoms with van der Waals surface area (Å²) in [5, 5.41) is 5.02. The van der Waals surface area contributed by atoms with E-state index in [1.807, 2.05) is 0 Å². The molecule has 1 aromatic carbocycles. The molecule has 0 radical (unpaired) electrons. The molecule has 1 aliphatic rings. The van der Waals surface area contributed by atoms with Crippen molar-refractivity contribution in [3.63, 3.8) is 0 Å². The second-order valence-electron chi connectivity index (χ2n) is 2.62. The van der Waals surface area contributed by atoms with Crippen LogP contribution in [0.2, 0.25) is 0 Å². The molecule has 0 saturated carbocycles. The van der Waals surface area contributed by atoms with E-state index in [1.54, 1.807) is 6.07 Å². The SMILES string of the molecule is FC(F)(F)c1cccc(N2C=N2)c1. The van der Waals surface area contributed by atoms with Gasteiger partial charge in [0.2, 0.25) is 0 Å². The summed E-state index contributed by atoms with van der Waals surface area (Å²) >= 11 is 0. The highest BCUT2D eigenvalue weighted by Crippen LogP contribution is 2.32. The molecular weight excluding hydrogens is 181 g/mol. The third kappa shape index (κ3) is 1.63. The molecule has 1 aromatic rings. The largest absolute Gasteiger partial charge is 0.416 e. The first-order valence-corrected chi connectivity index (χ1v) is 3.58. The zero-order chi connectivity index (χ0) is 9.47. The van der Waals surface area contributed by atoms with Crippen LogP contribution in [0.25, 0.3) is 0 Å². The van der Waals surface area contributed by atoms with Gasteiger partial charge in [-0.25, -0.2) is 5.01 Å². The van der Waals surface area contributed by atoms with Crippen LogP contribution in [-0.4, -0.2) is 6.34 Å². The van der Waals surface area contributed by atoms with Gasteiger partial charge in [-0.15, -0.1) is 0 Å². The normalized spacial score (nSPS) is 14.8. The molecule has 0 bridgehead atoms. The van der Waals surface area contributed by atoms with Crippen molar-refractivity contribution in [3.05, 3.63) is 29.8 Å². The molecule has 5 heteroatoms. The average molecular weight is 186 g/mol. The lowest BCUT2D eigenvalue weighted by molar-refractivity contribution is -0.137. The van der Waals surface area contributed by atoms with E-state index in [0.717, 1.165) is 12.1 Å². The van der Waals surface area contributed by atoms with Gasteiger partial charge in [0.05, 0.1) is 11.3 Å².